The molecule has 3 rings (SSSR count). The van der Waals surface area contributed by atoms with Crippen LogP contribution < -0.4 is 0 Å². The van der Waals surface area contributed by atoms with E-state index in [0.29, 0.717) is 5.92 Å². The summed E-state index contributed by atoms with van der Waals surface area (Å²) in [5, 5.41) is 13.1. The smallest absolute Gasteiger partial charge is 0.334 e. The van der Waals surface area contributed by atoms with Gasteiger partial charge in [-0.25, -0.2) is 13.2 Å². The molecule has 9 heteroatoms. The molecule has 1 aliphatic carbocycles. The van der Waals surface area contributed by atoms with Crippen molar-refractivity contribution >= 4 is 16.0 Å². The molecule has 1 saturated heterocycles. The Morgan fingerprint density at radius 1 is 1.45 bits per heavy atom. The third-order valence-corrected chi connectivity index (χ3v) is 6.04. The van der Waals surface area contributed by atoms with E-state index in [0.717, 1.165) is 23.7 Å². The van der Waals surface area contributed by atoms with Crippen LogP contribution in [0.1, 0.15) is 19.3 Å². The fourth-order valence-electron chi connectivity index (χ4n) is 2.66. The van der Waals surface area contributed by atoms with E-state index in [1.54, 1.807) is 4.68 Å². The molecule has 1 aromatic heterocycles. The molecule has 0 aromatic carbocycles. The van der Waals surface area contributed by atoms with Crippen LogP contribution in [0.25, 0.3) is 0 Å². The number of aliphatic carboxylic acids is 1. The molecule has 2 fully saturated rings. The van der Waals surface area contributed by atoms with Gasteiger partial charge < -0.3 is 9.84 Å². The number of sulfonamides is 1. The van der Waals surface area contributed by atoms with E-state index in [2.05, 4.69) is 5.10 Å². The van der Waals surface area contributed by atoms with Gasteiger partial charge in [0.1, 0.15) is 4.90 Å². The van der Waals surface area contributed by atoms with Gasteiger partial charge in [0.2, 0.25) is 10.0 Å². The molecule has 1 atom stereocenters. The summed E-state index contributed by atoms with van der Waals surface area (Å²) in [6.45, 7) is 0.786. The highest BCUT2D eigenvalue weighted by atomic mass is 32.2. The lowest BCUT2D eigenvalue weighted by Crippen LogP contribution is -2.48. The van der Waals surface area contributed by atoms with Gasteiger partial charge in [-0.2, -0.15) is 9.40 Å². The molecule has 0 bridgehead atoms. The Morgan fingerprint density at radius 2 is 2.23 bits per heavy atom. The summed E-state index contributed by atoms with van der Waals surface area (Å²) in [6, 6.07) is 0. The van der Waals surface area contributed by atoms with Gasteiger partial charge in [0.15, 0.2) is 6.10 Å². The Hall–Kier alpha value is -1.45. The molecule has 1 aliphatic heterocycles. The van der Waals surface area contributed by atoms with Gasteiger partial charge >= 0.3 is 5.97 Å². The molecule has 1 aromatic rings. The Labute approximate surface area is 128 Å². The van der Waals surface area contributed by atoms with Gasteiger partial charge in [0, 0.05) is 19.3 Å². The lowest BCUT2D eigenvalue weighted by atomic mass is 9.85. The summed E-state index contributed by atoms with van der Waals surface area (Å²) in [7, 11) is -3.73. The summed E-state index contributed by atoms with van der Waals surface area (Å²) in [5.74, 6) is -0.573. The first-order chi connectivity index (χ1) is 10.5. The van der Waals surface area contributed by atoms with Crippen LogP contribution in [-0.4, -0.2) is 59.4 Å². The Bertz CT molecular complexity index is 652. The number of hydrogen-bond acceptors (Lipinski definition) is 5. The number of rotatable bonds is 5. The van der Waals surface area contributed by atoms with Crippen LogP contribution in [0, 0.1) is 5.92 Å². The molecule has 0 spiro atoms. The maximum absolute atomic E-state index is 12.6. The highest BCUT2D eigenvalue weighted by Gasteiger charge is 2.34. The number of nitrogens with zero attached hydrogens (tertiary/aromatic N) is 3. The van der Waals surface area contributed by atoms with E-state index >= 15 is 0 Å². The number of morpholine rings is 1. The molecule has 1 saturated carbocycles. The van der Waals surface area contributed by atoms with Crippen molar-refractivity contribution in [2.45, 2.75) is 36.8 Å². The van der Waals surface area contributed by atoms with Crippen LogP contribution in [0.15, 0.2) is 17.3 Å². The van der Waals surface area contributed by atoms with Crippen molar-refractivity contribution in [3.05, 3.63) is 12.4 Å². The maximum atomic E-state index is 12.6. The SMILES string of the molecule is O=C(O)[C@H]1CN(S(=O)(=O)c2cnn(CC3CCC3)c2)CCO1. The molecule has 2 aliphatic rings. The fraction of sp³-hybridized carbons (Fsp3) is 0.692. The second kappa shape index (κ2) is 5.98. The first-order valence-corrected chi connectivity index (χ1v) is 8.78. The van der Waals surface area contributed by atoms with E-state index in [-0.39, 0.29) is 24.6 Å². The number of ether oxygens (including phenoxy) is 1. The first-order valence-electron chi connectivity index (χ1n) is 7.34. The number of carbonyl (C=O) groups is 1. The molecule has 22 heavy (non-hydrogen) atoms. The fourth-order valence-corrected chi connectivity index (χ4v) is 4.04. The van der Waals surface area contributed by atoms with Gasteiger partial charge in [-0.3, -0.25) is 4.68 Å². The van der Waals surface area contributed by atoms with Crippen molar-refractivity contribution in [2.75, 3.05) is 19.7 Å². The molecule has 122 valence electrons. The number of carboxylic acid groups (broad SMARTS) is 1. The highest BCUT2D eigenvalue weighted by molar-refractivity contribution is 7.89. The number of aromatic nitrogens is 2. The highest BCUT2D eigenvalue weighted by Crippen LogP contribution is 2.28. The molecule has 0 amide bonds. The molecule has 0 unspecified atom stereocenters. The summed E-state index contributed by atoms with van der Waals surface area (Å²) in [5.41, 5.74) is 0. The Kier molecular flexibility index (Phi) is 4.20. The second-order valence-corrected chi connectivity index (χ2v) is 7.69. The van der Waals surface area contributed by atoms with Gasteiger partial charge in [-0.15, -0.1) is 0 Å². The van der Waals surface area contributed by atoms with Gasteiger partial charge in [0.05, 0.1) is 19.3 Å². The number of hydrogen-bond donors (Lipinski definition) is 1. The zero-order valence-electron chi connectivity index (χ0n) is 12.1. The number of carboxylic acids is 1. The monoisotopic (exact) mass is 329 g/mol. The minimum absolute atomic E-state index is 0.0758. The van der Waals surface area contributed by atoms with E-state index in [1.807, 2.05) is 0 Å². The minimum Gasteiger partial charge on any atom is -0.479 e. The predicted molar refractivity (Wildman–Crippen MR) is 75.7 cm³/mol. The van der Waals surface area contributed by atoms with Crippen molar-refractivity contribution < 1.29 is 23.1 Å². The topological polar surface area (TPSA) is 102 Å². The van der Waals surface area contributed by atoms with Crippen LogP contribution >= 0.6 is 0 Å². The van der Waals surface area contributed by atoms with Crippen LogP contribution in [0.2, 0.25) is 0 Å². The molecule has 0 radical (unpaired) electrons. The molecule has 1 N–H and O–H groups in total. The van der Waals surface area contributed by atoms with Crippen molar-refractivity contribution in [1.29, 1.82) is 0 Å². The molecule has 2 heterocycles. The average Bonchev–Trinajstić information content (AvgIpc) is 2.92. The van der Waals surface area contributed by atoms with Gasteiger partial charge in [-0.05, 0) is 18.8 Å². The van der Waals surface area contributed by atoms with Crippen LogP contribution in [0.4, 0.5) is 0 Å². The third-order valence-electron chi connectivity index (χ3n) is 4.22. The van der Waals surface area contributed by atoms with Crippen LogP contribution in [0.5, 0.6) is 0 Å². The van der Waals surface area contributed by atoms with Gasteiger partial charge in [-0.1, -0.05) is 6.42 Å². The standard InChI is InChI=1S/C13H19N3O5S/c17-13(18)12-9-16(4-5-21-12)22(19,20)11-6-14-15(8-11)7-10-2-1-3-10/h6,8,10,12H,1-5,7,9H2,(H,17,18)/t12-/m1/s1. The van der Waals surface area contributed by atoms with Crippen molar-refractivity contribution in [3.63, 3.8) is 0 Å². The van der Waals surface area contributed by atoms with Gasteiger partial charge in [0.25, 0.3) is 0 Å². The lowest BCUT2D eigenvalue weighted by Gasteiger charge is -2.29. The Balaban J connectivity index is 1.72. The summed E-state index contributed by atoms with van der Waals surface area (Å²) in [4.78, 5) is 11.1. The van der Waals surface area contributed by atoms with Crippen molar-refractivity contribution in [3.8, 4) is 0 Å². The summed E-state index contributed by atoms with van der Waals surface area (Å²) >= 11 is 0. The maximum Gasteiger partial charge on any atom is 0.334 e. The second-order valence-electron chi connectivity index (χ2n) is 5.76. The van der Waals surface area contributed by atoms with E-state index in [1.165, 1.54) is 18.8 Å². The normalized spacial score (nSPS) is 24.1. The summed E-state index contributed by atoms with van der Waals surface area (Å²) in [6.07, 6.45) is 5.28. The Morgan fingerprint density at radius 3 is 2.86 bits per heavy atom. The largest absolute Gasteiger partial charge is 0.479 e. The molecular formula is C13H19N3O5S. The minimum atomic E-state index is -3.73. The summed E-state index contributed by atoms with van der Waals surface area (Å²) < 4.78 is 33.0. The quantitative estimate of drug-likeness (QED) is 0.825. The lowest BCUT2D eigenvalue weighted by molar-refractivity contribution is -0.153. The van der Waals surface area contributed by atoms with E-state index in [9.17, 15) is 13.2 Å². The molecule has 8 nitrogen and oxygen atoms in total. The first kappa shape index (κ1) is 15.4. The average molecular weight is 329 g/mol. The van der Waals surface area contributed by atoms with Crippen molar-refractivity contribution in [1.82, 2.24) is 14.1 Å². The zero-order chi connectivity index (χ0) is 15.7. The van der Waals surface area contributed by atoms with E-state index in [4.69, 9.17) is 9.84 Å². The van der Waals surface area contributed by atoms with Crippen molar-refractivity contribution in [2.24, 2.45) is 5.92 Å². The predicted octanol–water partition coefficient (Wildman–Crippen LogP) is 0.157. The van der Waals surface area contributed by atoms with Crippen LogP contribution in [0.3, 0.4) is 0 Å². The molecular weight excluding hydrogens is 310 g/mol. The van der Waals surface area contributed by atoms with Crippen LogP contribution in [-0.2, 0) is 26.1 Å². The third kappa shape index (κ3) is 3.01. The zero-order valence-corrected chi connectivity index (χ0v) is 12.9. The van der Waals surface area contributed by atoms with E-state index < -0.39 is 22.1 Å².